The molecule has 0 N–H and O–H groups in total. The van der Waals surface area contributed by atoms with E-state index in [1.54, 1.807) is 0 Å². The maximum absolute atomic E-state index is 5.69. The molecule has 1 heterocycles. The summed E-state index contributed by atoms with van der Waals surface area (Å²) in [6, 6.07) is 10.6. The lowest BCUT2D eigenvalue weighted by molar-refractivity contribution is 0.0392. The third-order valence-corrected chi connectivity index (χ3v) is 3.27. The van der Waals surface area contributed by atoms with Crippen LogP contribution in [0.4, 0.5) is 0 Å². The van der Waals surface area contributed by atoms with E-state index in [1.165, 1.54) is 0 Å². The van der Waals surface area contributed by atoms with Gasteiger partial charge in [0.05, 0.1) is 0 Å². The van der Waals surface area contributed by atoms with Crippen LogP contribution in [-0.4, -0.2) is 44.4 Å². The first kappa shape index (κ1) is 12.4. The second-order valence-electron chi connectivity index (χ2n) is 4.49. The summed E-state index contributed by atoms with van der Waals surface area (Å²) >= 11 is 0. The van der Waals surface area contributed by atoms with Gasteiger partial charge in [-0.25, -0.2) is 0 Å². The SMILES string of the molecule is CN(CCOc1ccccc1)C1CCOCC1. The summed E-state index contributed by atoms with van der Waals surface area (Å²) < 4.78 is 11.1. The van der Waals surface area contributed by atoms with Crippen molar-refractivity contribution in [2.75, 3.05) is 33.4 Å². The number of rotatable bonds is 5. The molecule has 1 saturated heterocycles. The highest BCUT2D eigenvalue weighted by molar-refractivity contribution is 5.20. The van der Waals surface area contributed by atoms with Gasteiger partial charge in [-0.05, 0) is 32.0 Å². The fraction of sp³-hybridized carbons (Fsp3) is 0.571. The van der Waals surface area contributed by atoms with Crippen molar-refractivity contribution in [2.24, 2.45) is 0 Å². The molecule has 1 aliphatic rings. The van der Waals surface area contributed by atoms with Gasteiger partial charge >= 0.3 is 0 Å². The summed E-state index contributed by atoms with van der Waals surface area (Å²) in [5.74, 6) is 0.952. The number of hydrogen-bond donors (Lipinski definition) is 0. The molecule has 1 aromatic carbocycles. The van der Waals surface area contributed by atoms with Crippen molar-refractivity contribution < 1.29 is 9.47 Å². The molecule has 0 aromatic heterocycles. The van der Waals surface area contributed by atoms with E-state index in [0.717, 1.165) is 45.0 Å². The monoisotopic (exact) mass is 235 g/mol. The molecule has 1 aromatic rings. The van der Waals surface area contributed by atoms with Crippen molar-refractivity contribution in [3.8, 4) is 5.75 Å². The zero-order chi connectivity index (χ0) is 11.9. The van der Waals surface area contributed by atoms with Crippen LogP contribution in [0.5, 0.6) is 5.75 Å². The van der Waals surface area contributed by atoms with Crippen molar-refractivity contribution >= 4 is 0 Å². The van der Waals surface area contributed by atoms with Gasteiger partial charge in [0.1, 0.15) is 12.4 Å². The topological polar surface area (TPSA) is 21.7 Å². The average molecular weight is 235 g/mol. The van der Waals surface area contributed by atoms with Gasteiger partial charge in [0.2, 0.25) is 0 Å². The highest BCUT2D eigenvalue weighted by atomic mass is 16.5. The average Bonchev–Trinajstić information content (AvgIpc) is 2.41. The molecular weight excluding hydrogens is 214 g/mol. The van der Waals surface area contributed by atoms with Gasteiger partial charge in [0.25, 0.3) is 0 Å². The van der Waals surface area contributed by atoms with Crippen LogP contribution in [0, 0.1) is 0 Å². The molecule has 17 heavy (non-hydrogen) atoms. The molecule has 0 bridgehead atoms. The van der Waals surface area contributed by atoms with E-state index in [4.69, 9.17) is 9.47 Å². The van der Waals surface area contributed by atoms with Crippen molar-refractivity contribution in [1.29, 1.82) is 0 Å². The van der Waals surface area contributed by atoms with Crippen LogP contribution in [0.2, 0.25) is 0 Å². The Balaban J connectivity index is 1.67. The maximum Gasteiger partial charge on any atom is 0.119 e. The normalized spacial score (nSPS) is 17.3. The summed E-state index contributed by atoms with van der Waals surface area (Å²) in [7, 11) is 2.17. The Morgan fingerprint density at radius 2 is 1.94 bits per heavy atom. The number of benzene rings is 1. The first-order valence-corrected chi connectivity index (χ1v) is 6.32. The van der Waals surface area contributed by atoms with Crippen LogP contribution in [0.25, 0.3) is 0 Å². The molecule has 0 unspecified atom stereocenters. The Hall–Kier alpha value is -1.06. The summed E-state index contributed by atoms with van der Waals surface area (Å²) in [4.78, 5) is 2.38. The second kappa shape index (κ2) is 6.62. The fourth-order valence-corrected chi connectivity index (χ4v) is 2.13. The van der Waals surface area contributed by atoms with Crippen LogP contribution in [0.3, 0.4) is 0 Å². The van der Waals surface area contributed by atoms with Crippen LogP contribution in [-0.2, 0) is 4.74 Å². The smallest absolute Gasteiger partial charge is 0.119 e. The number of ether oxygens (including phenoxy) is 2. The van der Waals surface area contributed by atoms with E-state index in [2.05, 4.69) is 11.9 Å². The molecule has 0 saturated carbocycles. The van der Waals surface area contributed by atoms with Gasteiger partial charge in [-0.15, -0.1) is 0 Å². The number of likely N-dealkylation sites (N-methyl/N-ethyl adjacent to an activating group) is 1. The largest absolute Gasteiger partial charge is 0.492 e. The van der Waals surface area contributed by atoms with Crippen LogP contribution in [0.1, 0.15) is 12.8 Å². The predicted molar refractivity (Wildman–Crippen MR) is 68.4 cm³/mol. The molecule has 0 amide bonds. The lowest BCUT2D eigenvalue weighted by atomic mass is 10.1. The molecule has 2 rings (SSSR count). The maximum atomic E-state index is 5.69. The van der Waals surface area contributed by atoms with E-state index in [1.807, 2.05) is 30.3 Å². The van der Waals surface area contributed by atoms with Crippen LogP contribution in [0.15, 0.2) is 30.3 Å². The molecule has 0 aliphatic carbocycles. The number of para-hydroxylation sites is 1. The standard InChI is InChI=1S/C14H21NO2/c1-15(13-7-10-16-11-8-13)9-12-17-14-5-3-2-4-6-14/h2-6,13H,7-12H2,1H3. The molecule has 3 heteroatoms. The Kier molecular flexibility index (Phi) is 4.83. The zero-order valence-corrected chi connectivity index (χ0v) is 10.5. The molecule has 1 aliphatic heterocycles. The Morgan fingerprint density at radius 3 is 2.65 bits per heavy atom. The highest BCUT2D eigenvalue weighted by Crippen LogP contribution is 2.13. The Bertz CT molecular complexity index is 309. The van der Waals surface area contributed by atoms with Crippen LogP contribution >= 0.6 is 0 Å². The van der Waals surface area contributed by atoms with Gasteiger partial charge in [-0.2, -0.15) is 0 Å². The van der Waals surface area contributed by atoms with E-state index in [9.17, 15) is 0 Å². The van der Waals surface area contributed by atoms with Crippen molar-refractivity contribution in [2.45, 2.75) is 18.9 Å². The van der Waals surface area contributed by atoms with Crippen molar-refractivity contribution in [3.63, 3.8) is 0 Å². The van der Waals surface area contributed by atoms with E-state index < -0.39 is 0 Å². The lowest BCUT2D eigenvalue weighted by Gasteiger charge is -2.30. The van der Waals surface area contributed by atoms with Gasteiger partial charge in [0, 0.05) is 25.8 Å². The van der Waals surface area contributed by atoms with E-state index in [-0.39, 0.29) is 0 Å². The summed E-state index contributed by atoms with van der Waals surface area (Å²) in [5.41, 5.74) is 0. The Labute approximate surface area is 103 Å². The summed E-state index contributed by atoms with van der Waals surface area (Å²) in [5, 5.41) is 0. The molecule has 1 fully saturated rings. The lowest BCUT2D eigenvalue weighted by Crippen LogP contribution is -2.38. The highest BCUT2D eigenvalue weighted by Gasteiger charge is 2.17. The minimum absolute atomic E-state index is 0.656. The minimum Gasteiger partial charge on any atom is -0.492 e. The predicted octanol–water partition coefficient (Wildman–Crippen LogP) is 2.18. The minimum atomic E-state index is 0.656. The van der Waals surface area contributed by atoms with Crippen molar-refractivity contribution in [1.82, 2.24) is 4.90 Å². The van der Waals surface area contributed by atoms with Crippen LogP contribution < -0.4 is 4.74 Å². The molecule has 0 spiro atoms. The third-order valence-electron chi connectivity index (χ3n) is 3.27. The number of hydrogen-bond acceptors (Lipinski definition) is 3. The quantitative estimate of drug-likeness (QED) is 0.780. The molecule has 0 atom stereocenters. The first-order valence-electron chi connectivity index (χ1n) is 6.32. The van der Waals surface area contributed by atoms with E-state index >= 15 is 0 Å². The first-order chi connectivity index (χ1) is 8.36. The molecule has 3 nitrogen and oxygen atoms in total. The fourth-order valence-electron chi connectivity index (χ4n) is 2.13. The van der Waals surface area contributed by atoms with Gasteiger partial charge < -0.3 is 9.47 Å². The zero-order valence-electron chi connectivity index (χ0n) is 10.5. The molecule has 0 radical (unpaired) electrons. The second-order valence-corrected chi connectivity index (χ2v) is 4.49. The molecule has 94 valence electrons. The number of nitrogens with zero attached hydrogens (tertiary/aromatic N) is 1. The summed E-state index contributed by atoms with van der Waals surface area (Å²) in [6.07, 6.45) is 2.28. The molecular formula is C14H21NO2. The Morgan fingerprint density at radius 1 is 1.24 bits per heavy atom. The van der Waals surface area contributed by atoms with Gasteiger partial charge in [-0.1, -0.05) is 18.2 Å². The third kappa shape index (κ3) is 4.02. The van der Waals surface area contributed by atoms with Gasteiger partial charge in [0.15, 0.2) is 0 Å². The van der Waals surface area contributed by atoms with Gasteiger partial charge in [-0.3, -0.25) is 4.90 Å². The summed E-state index contributed by atoms with van der Waals surface area (Å²) in [6.45, 7) is 3.51. The van der Waals surface area contributed by atoms with E-state index in [0.29, 0.717) is 6.04 Å². The van der Waals surface area contributed by atoms with Crippen molar-refractivity contribution in [3.05, 3.63) is 30.3 Å².